The molecule has 0 aliphatic carbocycles. The Labute approximate surface area is 106 Å². The zero-order chi connectivity index (χ0) is 13.0. The third-order valence-electron chi connectivity index (χ3n) is 3.04. The van der Waals surface area contributed by atoms with Crippen LogP contribution < -0.4 is 9.64 Å². The van der Waals surface area contributed by atoms with Crippen LogP contribution in [0.2, 0.25) is 0 Å². The standard InChI is InChI=1S/C13H17NO4/c1-17-12-6-7-14(8-12)10-2-4-11(5-3-10)18-9-13(15)16/h2-5,12H,6-9H2,1H3,(H,15,16)/t12-/m1/s1. The van der Waals surface area contributed by atoms with Crippen LogP contribution in [0.3, 0.4) is 0 Å². The van der Waals surface area contributed by atoms with E-state index in [0.29, 0.717) is 11.9 Å². The third kappa shape index (κ3) is 3.13. The van der Waals surface area contributed by atoms with Gasteiger partial charge in [0.1, 0.15) is 5.75 Å². The van der Waals surface area contributed by atoms with Crippen LogP contribution in [0.5, 0.6) is 5.75 Å². The monoisotopic (exact) mass is 251 g/mol. The molecule has 0 aromatic heterocycles. The van der Waals surface area contributed by atoms with Crippen LogP contribution in [0.25, 0.3) is 0 Å². The molecule has 0 saturated carbocycles. The van der Waals surface area contributed by atoms with Crippen molar-refractivity contribution in [2.45, 2.75) is 12.5 Å². The Hall–Kier alpha value is -1.75. The molecule has 1 N–H and O–H groups in total. The maximum atomic E-state index is 10.4. The van der Waals surface area contributed by atoms with E-state index in [0.717, 1.165) is 25.2 Å². The van der Waals surface area contributed by atoms with Crippen molar-refractivity contribution >= 4 is 11.7 Å². The molecule has 1 aliphatic rings. The largest absolute Gasteiger partial charge is 0.482 e. The second-order valence-electron chi connectivity index (χ2n) is 4.27. The second-order valence-corrected chi connectivity index (χ2v) is 4.27. The highest BCUT2D eigenvalue weighted by Gasteiger charge is 2.21. The van der Waals surface area contributed by atoms with Gasteiger partial charge in [0, 0.05) is 25.9 Å². The zero-order valence-corrected chi connectivity index (χ0v) is 10.3. The second kappa shape index (κ2) is 5.73. The normalized spacial score (nSPS) is 18.9. The number of aliphatic carboxylic acids is 1. The molecule has 1 heterocycles. The quantitative estimate of drug-likeness (QED) is 0.856. The summed E-state index contributed by atoms with van der Waals surface area (Å²) in [5, 5.41) is 8.51. The first-order valence-corrected chi connectivity index (χ1v) is 5.91. The number of hydrogen-bond acceptors (Lipinski definition) is 4. The van der Waals surface area contributed by atoms with Crippen LogP contribution in [0.4, 0.5) is 5.69 Å². The molecule has 1 aromatic carbocycles. The Kier molecular flexibility index (Phi) is 4.04. The summed E-state index contributed by atoms with van der Waals surface area (Å²) < 4.78 is 10.4. The number of ether oxygens (including phenoxy) is 2. The SMILES string of the molecule is CO[C@@H]1CCN(c2ccc(OCC(=O)O)cc2)C1. The van der Waals surface area contributed by atoms with Crippen molar-refractivity contribution in [2.75, 3.05) is 31.7 Å². The Morgan fingerprint density at radius 3 is 2.72 bits per heavy atom. The van der Waals surface area contributed by atoms with Crippen LogP contribution in [-0.2, 0) is 9.53 Å². The first kappa shape index (κ1) is 12.7. The van der Waals surface area contributed by atoms with Gasteiger partial charge < -0.3 is 19.5 Å². The molecule has 0 radical (unpaired) electrons. The minimum absolute atomic E-state index is 0.299. The van der Waals surface area contributed by atoms with Crippen LogP contribution in [0.15, 0.2) is 24.3 Å². The minimum atomic E-state index is -0.971. The van der Waals surface area contributed by atoms with Gasteiger partial charge in [-0.15, -0.1) is 0 Å². The highest BCUT2D eigenvalue weighted by Crippen LogP contribution is 2.24. The lowest BCUT2D eigenvalue weighted by Crippen LogP contribution is -2.21. The van der Waals surface area contributed by atoms with E-state index in [4.69, 9.17) is 14.6 Å². The van der Waals surface area contributed by atoms with Crippen molar-refractivity contribution in [3.8, 4) is 5.75 Å². The summed E-state index contributed by atoms with van der Waals surface area (Å²) in [5.41, 5.74) is 1.11. The molecule has 0 amide bonds. The Morgan fingerprint density at radius 2 is 2.17 bits per heavy atom. The summed E-state index contributed by atoms with van der Waals surface area (Å²) in [6, 6.07) is 7.46. The topological polar surface area (TPSA) is 59.0 Å². The number of benzene rings is 1. The van der Waals surface area contributed by atoms with Gasteiger partial charge >= 0.3 is 5.97 Å². The van der Waals surface area contributed by atoms with Crippen molar-refractivity contribution < 1.29 is 19.4 Å². The van der Waals surface area contributed by atoms with Gasteiger partial charge in [0.15, 0.2) is 6.61 Å². The highest BCUT2D eigenvalue weighted by atomic mass is 16.5. The Balaban J connectivity index is 1.93. The molecular formula is C13H17NO4. The molecule has 1 atom stereocenters. The molecule has 0 spiro atoms. The van der Waals surface area contributed by atoms with E-state index in [9.17, 15) is 4.79 Å². The maximum Gasteiger partial charge on any atom is 0.341 e. The van der Waals surface area contributed by atoms with E-state index in [-0.39, 0.29) is 6.61 Å². The summed E-state index contributed by atoms with van der Waals surface area (Å²) in [5.74, 6) is -0.398. The molecule has 2 rings (SSSR count). The molecule has 18 heavy (non-hydrogen) atoms. The van der Waals surface area contributed by atoms with E-state index in [1.807, 2.05) is 12.1 Å². The predicted octanol–water partition coefficient (Wildman–Crippen LogP) is 1.38. The minimum Gasteiger partial charge on any atom is -0.482 e. The Bertz CT molecular complexity index is 404. The molecule has 0 bridgehead atoms. The Morgan fingerprint density at radius 1 is 1.44 bits per heavy atom. The van der Waals surface area contributed by atoms with Gasteiger partial charge in [0.2, 0.25) is 0 Å². The van der Waals surface area contributed by atoms with Gasteiger partial charge in [0.05, 0.1) is 6.10 Å². The van der Waals surface area contributed by atoms with Crippen LogP contribution in [-0.4, -0.2) is 44.0 Å². The number of rotatable bonds is 5. The lowest BCUT2D eigenvalue weighted by Gasteiger charge is -2.18. The van der Waals surface area contributed by atoms with Crippen molar-refractivity contribution in [1.29, 1.82) is 0 Å². The van der Waals surface area contributed by atoms with Crippen molar-refractivity contribution in [3.63, 3.8) is 0 Å². The maximum absolute atomic E-state index is 10.4. The fourth-order valence-corrected chi connectivity index (χ4v) is 2.05. The summed E-state index contributed by atoms with van der Waals surface area (Å²) >= 11 is 0. The lowest BCUT2D eigenvalue weighted by molar-refractivity contribution is -0.139. The summed E-state index contributed by atoms with van der Waals surface area (Å²) in [6.07, 6.45) is 1.33. The lowest BCUT2D eigenvalue weighted by atomic mass is 10.3. The van der Waals surface area contributed by atoms with E-state index < -0.39 is 5.97 Å². The molecule has 5 heteroatoms. The summed E-state index contributed by atoms with van der Waals surface area (Å²) in [7, 11) is 1.73. The zero-order valence-electron chi connectivity index (χ0n) is 10.3. The highest BCUT2D eigenvalue weighted by molar-refractivity contribution is 5.68. The third-order valence-corrected chi connectivity index (χ3v) is 3.04. The first-order valence-electron chi connectivity index (χ1n) is 5.91. The number of hydrogen-bond donors (Lipinski definition) is 1. The smallest absolute Gasteiger partial charge is 0.341 e. The first-order chi connectivity index (χ1) is 8.69. The number of carbonyl (C=O) groups is 1. The molecule has 1 aliphatic heterocycles. The number of carboxylic acid groups (broad SMARTS) is 1. The van der Waals surface area contributed by atoms with Crippen LogP contribution >= 0.6 is 0 Å². The van der Waals surface area contributed by atoms with Crippen molar-refractivity contribution in [3.05, 3.63) is 24.3 Å². The summed E-state index contributed by atoms with van der Waals surface area (Å²) in [4.78, 5) is 12.6. The number of anilines is 1. The molecule has 98 valence electrons. The molecule has 0 unspecified atom stereocenters. The van der Waals surface area contributed by atoms with Gasteiger partial charge in [0.25, 0.3) is 0 Å². The number of carboxylic acids is 1. The van der Waals surface area contributed by atoms with Gasteiger partial charge in [-0.05, 0) is 30.7 Å². The predicted molar refractivity (Wildman–Crippen MR) is 67.2 cm³/mol. The number of methoxy groups -OCH3 is 1. The van der Waals surface area contributed by atoms with Crippen molar-refractivity contribution in [1.82, 2.24) is 0 Å². The molecule has 1 fully saturated rings. The van der Waals surface area contributed by atoms with Gasteiger partial charge in [-0.2, -0.15) is 0 Å². The molecule has 1 aromatic rings. The molecular weight excluding hydrogens is 234 g/mol. The van der Waals surface area contributed by atoms with Gasteiger partial charge in [-0.3, -0.25) is 0 Å². The fraction of sp³-hybridized carbons (Fsp3) is 0.462. The number of nitrogens with zero attached hydrogens (tertiary/aromatic N) is 1. The average molecular weight is 251 g/mol. The molecule has 1 saturated heterocycles. The molecule has 5 nitrogen and oxygen atoms in total. The van der Waals surface area contributed by atoms with E-state index in [1.54, 1.807) is 19.2 Å². The van der Waals surface area contributed by atoms with E-state index >= 15 is 0 Å². The average Bonchev–Trinajstić information content (AvgIpc) is 2.85. The van der Waals surface area contributed by atoms with E-state index in [1.165, 1.54) is 0 Å². The van der Waals surface area contributed by atoms with Crippen LogP contribution in [0.1, 0.15) is 6.42 Å². The van der Waals surface area contributed by atoms with Crippen molar-refractivity contribution in [2.24, 2.45) is 0 Å². The van der Waals surface area contributed by atoms with Gasteiger partial charge in [-0.1, -0.05) is 0 Å². The van der Waals surface area contributed by atoms with Gasteiger partial charge in [-0.25, -0.2) is 4.79 Å². The van der Waals surface area contributed by atoms with Crippen LogP contribution in [0, 0.1) is 0 Å². The van der Waals surface area contributed by atoms with E-state index in [2.05, 4.69) is 4.90 Å². The fourth-order valence-electron chi connectivity index (χ4n) is 2.05. The summed E-state index contributed by atoms with van der Waals surface area (Å²) in [6.45, 7) is 1.56.